The van der Waals surface area contributed by atoms with E-state index in [4.69, 9.17) is 0 Å². The van der Waals surface area contributed by atoms with Crippen molar-refractivity contribution in [2.24, 2.45) is 0 Å². The molecule has 1 fully saturated rings. The molecule has 0 saturated carbocycles. The van der Waals surface area contributed by atoms with Gasteiger partial charge in [0.05, 0.1) is 0 Å². The average molecular weight is 286 g/mol. The molecule has 0 radical (unpaired) electrons. The summed E-state index contributed by atoms with van der Waals surface area (Å²) < 4.78 is 0. The average Bonchev–Trinajstić information content (AvgIpc) is 3.14. The SMILES string of the molecule is O=C(CCC(=O)c1ccc2c(c1)CCC2)NC1CCNC1. The molecule has 1 unspecified atom stereocenters. The fourth-order valence-electron chi connectivity index (χ4n) is 3.19. The Kier molecular flexibility index (Phi) is 4.34. The highest BCUT2D eigenvalue weighted by Crippen LogP contribution is 2.23. The maximum Gasteiger partial charge on any atom is 0.220 e. The lowest BCUT2D eigenvalue weighted by atomic mass is 10.0. The van der Waals surface area contributed by atoms with Gasteiger partial charge in [-0.25, -0.2) is 0 Å². The number of hydrogen-bond acceptors (Lipinski definition) is 3. The summed E-state index contributed by atoms with van der Waals surface area (Å²) in [7, 11) is 0. The van der Waals surface area contributed by atoms with E-state index < -0.39 is 0 Å². The number of carbonyl (C=O) groups is 2. The monoisotopic (exact) mass is 286 g/mol. The lowest BCUT2D eigenvalue weighted by molar-refractivity contribution is -0.121. The topological polar surface area (TPSA) is 58.2 Å². The summed E-state index contributed by atoms with van der Waals surface area (Å²) in [6.07, 6.45) is 4.94. The van der Waals surface area contributed by atoms with Gasteiger partial charge in [0.2, 0.25) is 5.91 Å². The zero-order chi connectivity index (χ0) is 14.7. The molecule has 4 heteroatoms. The molecule has 0 aromatic heterocycles. The van der Waals surface area contributed by atoms with Gasteiger partial charge in [-0.15, -0.1) is 0 Å². The van der Waals surface area contributed by atoms with Gasteiger partial charge in [-0.3, -0.25) is 9.59 Å². The molecule has 2 N–H and O–H groups in total. The molecular weight excluding hydrogens is 264 g/mol. The molecule has 1 atom stereocenters. The Morgan fingerprint density at radius 2 is 2.05 bits per heavy atom. The predicted molar refractivity (Wildman–Crippen MR) is 81.4 cm³/mol. The molecular formula is C17H22N2O2. The Morgan fingerprint density at radius 3 is 2.86 bits per heavy atom. The minimum atomic E-state index is -0.0155. The zero-order valence-corrected chi connectivity index (χ0v) is 12.3. The summed E-state index contributed by atoms with van der Waals surface area (Å²) in [5, 5.41) is 6.18. The number of aryl methyl sites for hydroxylation is 2. The predicted octanol–water partition coefficient (Wildman–Crippen LogP) is 1.62. The Morgan fingerprint density at radius 1 is 1.19 bits per heavy atom. The second-order valence-electron chi connectivity index (χ2n) is 6.02. The van der Waals surface area contributed by atoms with Crippen LogP contribution in [0.15, 0.2) is 18.2 Å². The lowest BCUT2D eigenvalue weighted by Crippen LogP contribution is -2.36. The van der Waals surface area contributed by atoms with Crippen LogP contribution >= 0.6 is 0 Å². The van der Waals surface area contributed by atoms with Crippen molar-refractivity contribution < 1.29 is 9.59 Å². The van der Waals surface area contributed by atoms with Gasteiger partial charge >= 0.3 is 0 Å². The summed E-state index contributed by atoms with van der Waals surface area (Å²) >= 11 is 0. The fraction of sp³-hybridized carbons (Fsp3) is 0.529. The molecule has 1 aliphatic carbocycles. The van der Waals surface area contributed by atoms with Crippen LogP contribution in [0.5, 0.6) is 0 Å². The van der Waals surface area contributed by atoms with Gasteiger partial charge in [-0.2, -0.15) is 0 Å². The van der Waals surface area contributed by atoms with Crippen LogP contribution in [0.3, 0.4) is 0 Å². The van der Waals surface area contributed by atoms with E-state index in [1.165, 1.54) is 17.5 Å². The first-order valence-electron chi connectivity index (χ1n) is 7.87. The number of hydrogen-bond donors (Lipinski definition) is 2. The van der Waals surface area contributed by atoms with Crippen molar-refractivity contribution in [1.29, 1.82) is 0 Å². The Balaban J connectivity index is 1.50. The minimum Gasteiger partial charge on any atom is -0.352 e. The quantitative estimate of drug-likeness (QED) is 0.809. The van der Waals surface area contributed by atoms with Crippen LogP contribution in [0.2, 0.25) is 0 Å². The molecule has 0 bridgehead atoms. The second-order valence-corrected chi connectivity index (χ2v) is 6.02. The van der Waals surface area contributed by atoms with E-state index in [1.54, 1.807) is 0 Å². The Bertz CT molecular complexity index is 548. The van der Waals surface area contributed by atoms with E-state index in [9.17, 15) is 9.59 Å². The summed E-state index contributed by atoms with van der Waals surface area (Å²) in [5.41, 5.74) is 3.44. The standard InChI is InChI=1S/C17H22N2O2/c20-16(6-7-17(21)19-15-8-9-18-11-15)14-5-4-12-2-1-3-13(12)10-14/h4-5,10,15,18H,1-3,6-9,11H2,(H,19,21). The molecule has 1 aromatic rings. The van der Waals surface area contributed by atoms with E-state index >= 15 is 0 Å². The highest BCUT2D eigenvalue weighted by atomic mass is 16.2. The van der Waals surface area contributed by atoms with Crippen LogP contribution in [0.25, 0.3) is 0 Å². The van der Waals surface area contributed by atoms with Gasteiger partial charge in [-0.1, -0.05) is 12.1 Å². The summed E-state index contributed by atoms with van der Waals surface area (Å²) in [6.45, 7) is 1.80. The number of nitrogens with one attached hydrogen (secondary N) is 2. The van der Waals surface area contributed by atoms with E-state index in [-0.39, 0.29) is 24.2 Å². The smallest absolute Gasteiger partial charge is 0.220 e. The van der Waals surface area contributed by atoms with Gasteiger partial charge in [0.25, 0.3) is 0 Å². The summed E-state index contributed by atoms with van der Waals surface area (Å²) in [4.78, 5) is 24.0. The van der Waals surface area contributed by atoms with Gasteiger partial charge in [0.15, 0.2) is 5.78 Å². The van der Waals surface area contributed by atoms with Crippen LogP contribution in [-0.4, -0.2) is 30.8 Å². The Labute approximate surface area is 125 Å². The van der Waals surface area contributed by atoms with Crippen molar-refractivity contribution in [2.75, 3.05) is 13.1 Å². The van der Waals surface area contributed by atoms with Crippen molar-refractivity contribution in [1.82, 2.24) is 10.6 Å². The molecule has 3 rings (SSSR count). The third-order valence-corrected chi connectivity index (χ3v) is 4.43. The number of amides is 1. The fourth-order valence-corrected chi connectivity index (χ4v) is 3.19. The van der Waals surface area contributed by atoms with Gasteiger partial charge in [-0.05, 0) is 49.4 Å². The number of ketones is 1. The van der Waals surface area contributed by atoms with Crippen molar-refractivity contribution in [3.63, 3.8) is 0 Å². The molecule has 1 aromatic carbocycles. The summed E-state index contributed by atoms with van der Waals surface area (Å²) in [6, 6.07) is 6.22. The number of rotatable bonds is 5. The third-order valence-electron chi connectivity index (χ3n) is 4.43. The van der Waals surface area contributed by atoms with Gasteiger partial charge < -0.3 is 10.6 Å². The van der Waals surface area contributed by atoms with E-state index in [0.29, 0.717) is 6.42 Å². The molecule has 112 valence electrons. The first kappa shape index (κ1) is 14.3. The van der Waals surface area contributed by atoms with Crippen molar-refractivity contribution in [3.8, 4) is 0 Å². The van der Waals surface area contributed by atoms with Crippen molar-refractivity contribution in [3.05, 3.63) is 34.9 Å². The van der Waals surface area contributed by atoms with Crippen molar-refractivity contribution >= 4 is 11.7 Å². The molecule has 1 saturated heterocycles. The second kappa shape index (κ2) is 6.39. The number of Topliss-reactive ketones (excluding diaryl/α,β-unsaturated/α-hetero) is 1. The minimum absolute atomic E-state index is 0.0155. The van der Waals surface area contributed by atoms with Crippen LogP contribution in [-0.2, 0) is 17.6 Å². The van der Waals surface area contributed by atoms with E-state index in [1.807, 2.05) is 12.1 Å². The molecule has 0 spiro atoms. The van der Waals surface area contributed by atoms with E-state index in [0.717, 1.165) is 37.9 Å². The first-order chi connectivity index (χ1) is 10.2. The molecule has 1 aliphatic heterocycles. The van der Waals surface area contributed by atoms with Crippen LogP contribution < -0.4 is 10.6 Å². The Hall–Kier alpha value is -1.68. The largest absolute Gasteiger partial charge is 0.352 e. The molecule has 2 aliphatic rings. The maximum atomic E-state index is 12.2. The molecule has 1 heterocycles. The number of benzene rings is 1. The van der Waals surface area contributed by atoms with Crippen LogP contribution in [0.4, 0.5) is 0 Å². The van der Waals surface area contributed by atoms with Crippen LogP contribution in [0.1, 0.15) is 47.2 Å². The molecule has 4 nitrogen and oxygen atoms in total. The number of fused-ring (bicyclic) bond motifs is 1. The van der Waals surface area contributed by atoms with Gasteiger partial charge in [0.1, 0.15) is 0 Å². The third kappa shape index (κ3) is 3.50. The maximum absolute atomic E-state index is 12.2. The van der Waals surface area contributed by atoms with Gasteiger partial charge in [0, 0.05) is 31.0 Å². The summed E-state index contributed by atoms with van der Waals surface area (Å²) in [5.74, 6) is 0.0580. The van der Waals surface area contributed by atoms with Crippen LogP contribution in [0, 0.1) is 0 Å². The molecule has 21 heavy (non-hydrogen) atoms. The normalized spacial score (nSPS) is 20.3. The van der Waals surface area contributed by atoms with E-state index in [2.05, 4.69) is 16.7 Å². The van der Waals surface area contributed by atoms with Crippen molar-refractivity contribution in [2.45, 2.75) is 44.6 Å². The number of carbonyl (C=O) groups excluding carboxylic acids is 2. The lowest BCUT2D eigenvalue weighted by Gasteiger charge is -2.11. The highest BCUT2D eigenvalue weighted by molar-refractivity contribution is 5.98. The zero-order valence-electron chi connectivity index (χ0n) is 12.3. The first-order valence-corrected chi connectivity index (χ1v) is 7.87. The highest BCUT2D eigenvalue weighted by Gasteiger charge is 2.18. The molecule has 1 amide bonds.